The quantitative estimate of drug-likeness (QED) is 0.405. The number of anilines is 1. The number of unbranched alkanes of at least 4 members (excludes halogenated alkanes) is 1. The van der Waals surface area contributed by atoms with Crippen LogP contribution in [-0.4, -0.2) is 57.6 Å². The molecule has 0 bridgehead atoms. The van der Waals surface area contributed by atoms with Crippen molar-refractivity contribution in [3.63, 3.8) is 0 Å². The first-order valence-electron chi connectivity index (χ1n) is 11.0. The van der Waals surface area contributed by atoms with E-state index >= 15 is 0 Å². The van der Waals surface area contributed by atoms with Gasteiger partial charge in [-0.25, -0.2) is 8.42 Å². The Morgan fingerprint density at radius 1 is 1.15 bits per heavy atom. The number of benzene rings is 2. The van der Waals surface area contributed by atoms with Gasteiger partial charge >= 0.3 is 0 Å². The molecule has 0 saturated carbocycles. The second-order valence-electron chi connectivity index (χ2n) is 7.91. The highest BCUT2D eigenvalue weighted by atomic mass is 79.9. The summed E-state index contributed by atoms with van der Waals surface area (Å²) < 4.78 is 32.1. The van der Waals surface area contributed by atoms with Gasteiger partial charge in [-0.1, -0.05) is 37.6 Å². The molecule has 186 valence electrons. The average molecular weight is 555 g/mol. The van der Waals surface area contributed by atoms with Crippen LogP contribution >= 0.6 is 15.9 Å². The van der Waals surface area contributed by atoms with Gasteiger partial charge in [-0.05, 0) is 59.1 Å². The minimum absolute atomic E-state index is 0.117. The molecule has 0 aliphatic carbocycles. The van der Waals surface area contributed by atoms with Crippen molar-refractivity contribution >= 4 is 43.5 Å². The fraction of sp³-hybridized carbons (Fsp3) is 0.417. The summed E-state index contributed by atoms with van der Waals surface area (Å²) in [7, 11) is -2.23. The van der Waals surface area contributed by atoms with Gasteiger partial charge in [0.05, 0.1) is 19.1 Å². The van der Waals surface area contributed by atoms with Crippen molar-refractivity contribution in [2.45, 2.75) is 39.3 Å². The first kappa shape index (κ1) is 27.7. The maximum absolute atomic E-state index is 13.5. The normalized spacial score (nSPS) is 12.0. The third kappa shape index (κ3) is 7.73. The molecule has 34 heavy (non-hydrogen) atoms. The molecule has 2 aromatic carbocycles. The van der Waals surface area contributed by atoms with Crippen LogP contribution in [0.3, 0.4) is 0 Å². The van der Waals surface area contributed by atoms with Gasteiger partial charge in [0.25, 0.3) is 0 Å². The van der Waals surface area contributed by atoms with E-state index in [-0.39, 0.29) is 12.5 Å². The number of hydrogen-bond donors (Lipinski definition) is 1. The summed E-state index contributed by atoms with van der Waals surface area (Å²) in [5.41, 5.74) is 1.10. The van der Waals surface area contributed by atoms with Gasteiger partial charge in [-0.3, -0.25) is 13.9 Å². The molecule has 0 spiro atoms. The van der Waals surface area contributed by atoms with E-state index in [1.807, 2.05) is 13.0 Å². The zero-order valence-electron chi connectivity index (χ0n) is 20.0. The van der Waals surface area contributed by atoms with Crippen LogP contribution in [0.2, 0.25) is 0 Å². The monoisotopic (exact) mass is 553 g/mol. The van der Waals surface area contributed by atoms with E-state index in [9.17, 15) is 18.0 Å². The highest BCUT2D eigenvalue weighted by molar-refractivity contribution is 9.10. The topological polar surface area (TPSA) is 96.0 Å². The number of carbonyl (C=O) groups excluding carboxylic acids is 2. The van der Waals surface area contributed by atoms with Crippen molar-refractivity contribution in [2.24, 2.45) is 0 Å². The predicted molar refractivity (Wildman–Crippen MR) is 137 cm³/mol. The number of ether oxygens (including phenoxy) is 1. The number of rotatable bonds is 12. The number of para-hydroxylation sites is 1. The van der Waals surface area contributed by atoms with E-state index < -0.39 is 28.5 Å². The third-order valence-electron chi connectivity index (χ3n) is 5.28. The summed E-state index contributed by atoms with van der Waals surface area (Å²) in [5, 5.41) is 2.85. The molecule has 8 nitrogen and oxygen atoms in total. The fourth-order valence-electron chi connectivity index (χ4n) is 3.33. The van der Waals surface area contributed by atoms with Crippen LogP contribution in [0.25, 0.3) is 0 Å². The van der Waals surface area contributed by atoms with Crippen molar-refractivity contribution in [3.8, 4) is 5.75 Å². The lowest BCUT2D eigenvalue weighted by Gasteiger charge is -2.31. The van der Waals surface area contributed by atoms with Gasteiger partial charge in [0.1, 0.15) is 18.3 Å². The number of nitrogens with one attached hydrogen (secondary N) is 1. The molecule has 0 aliphatic heterocycles. The highest BCUT2D eigenvalue weighted by Gasteiger charge is 2.30. The van der Waals surface area contributed by atoms with Crippen LogP contribution in [0.5, 0.6) is 5.75 Å². The van der Waals surface area contributed by atoms with E-state index in [2.05, 4.69) is 21.2 Å². The Hall–Kier alpha value is -2.59. The van der Waals surface area contributed by atoms with Crippen molar-refractivity contribution < 1.29 is 22.7 Å². The summed E-state index contributed by atoms with van der Waals surface area (Å²) in [6.45, 7) is 3.84. The highest BCUT2D eigenvalue weighted by Crippen LogP contribution is 2.28. The first-order chi connectivity index (χ1) is 16.1. The third-order valence-corrected chi connectivity index (χ3v) is 7.08. The molecule has 0 radical (unpaired) electrons. The largest absolute Gasteiger partial charge is 0.497 e. The Balaban J connectivity index is 2.37. The molecule has 2 aromatic rings. The number of nitrogens with zero attached hydrogens (tertiary/aromatic N) is 2. The maximum atomic E-state index is 13.5. The van der Waals surface area contributed by atoms with Crippen LogP contribution in [0, 0.1) is 0 Å². The Bertz CT molecular complexity index is 1090. The second kappa shape index (κ2) is 12.8. The molecule has 0 aliphatic rings. The zero-order chi connectivity index (χ0) is 25.3. The van der Waals surface area contributed by atoms with Crippen molar-refractivity contribution in [3.05, 3.63) is 58.6 Å². The average Bonchev–Trinajstić information content (AvgIpc) is 2.80. The lowest BCUT2D eigenvalue weighted by atomic mass is 10.1. The molecule has 0 unspecified atom stereocenters. The van der Waals surface area contributed by atoms with Gasteiger partial charge in [-0.15, -0.1) is 0 Å². The van der Waals surface area contributed by atoms with E-state index in [0.29, 0.717) is 22.5 Å². The Kier molecular flexibility index (Phi) is 10.4. The smallest absolute Gasteiger partial charge is 0.244 e. The van der Waals surface area contributed by atoms with Crippen LogP contribution in [0.15, 0.2) is 53.0 Å². The lowest BCUT2D eigenvalue weighted by Crippen LogP contribution is -2.51. The standard InChI is InChI=1S/C24H32BrN3O5S/c1-5-6-14-26-24(30)18(2)27(16-19-10-9-11-20(15-19)33-3)23(29)17-28(34(4,31)32)22-13-8-7-12-21(22)25/h7-13,15,18H,5-6,14,16-17H2,1-4H3,(H,26,30)/t18-/m1/s1. The first-order valence-corrected chi connectivity index (χ1v) is 13.6. The van der Waals surface area contributed by atoms with Crippen LogP contribution in [0.1, 0.15) is 32.3 Å². The maximum Gasteiger partial charge on any atom is 0.244 e. The van der Waals surface area contributed by atoms with E-state index in [0.717, 1.165) is 29.0 Å². The summed E-state index contributed by atoms with van der Waals surface area (Å²) in [6, 6.07) is 13.2. The second-order valence-corrected chi connectivity index (χ2v) is 10.7. The Morgan fingerprint density at radius 3 is 2.47 bits per heavy atom. The van der Waals surface area contributed by atoms with Crippen LogP contribution in [-0.2, 0) is 26.2 Å². The van der Waals surface area contributed by atoms with E-state index in [4.69, 9.17) is 4.74 Å². The van der Waals surface area contributed by atoms with Crippen molar-refractivity contribution in [2.75, 3.05) is 30.8 Å². The number of methoxy groups -OCH3 is 1. The number of sulfonamides is 1. The molecule has 0 aromatic heterocycles. The van der Waals surface area contributed by atoms with E-state index in [1.165, 1.54) is 4.90 Å². The Morgan fingerprint density at radius 2 is 1.85 bits per heavy atom. The predicted octanol–water partition coefficient (Wildman–Crippen LogP) is 3.56. The summed E-state index contributed by atoms with van der Waals surface area (Å²) in [6.07, 6.45) is 2.80. The SMILES string of the molecule is CCCCNC(=O)[C@@H](C)N(Cc1cccc(OC)c1)C(=O)CN(c1ccccc1Br)S(C)(=O)=O. The number of hydrogen-bond acceptors (Lipinski definition) is 5. The van der Waals surface area contributed by atoms with Crippen molar-refractivity contribution in [1.82, 2.24) is 10.2 Å². The number of amides is 2. The number of carbonyl (C=O) groups is 2. The molecule has 10 heteroatoms. The zero-order valence-corrected chi connectivity index (χ0v) is 22.4. The van der Waals surface area contributed by atoms with Gasteiger partial charge in [0.15, 0.2) is 0 Å². The molecule has 2 rings (SSSR count). The summed E-state index contributed by atoms with van der Waals surface area (Å²) in [4.78, 5) is 27.7. The molecular weight excluding hydrogens is 522 g/mol. The van der Waals surface area contributed by atoms with Gasteiger partial charge < -0.3 is 15.0 Å². The van der Waals surface area contributed by atoms with Crippen LogP contribution in [0.4, 0.5) is 5.69 Å². The minimum Gasteiger partial charge on any atom is -0.497 e. The molecule has 0 saturated heterocycles. The van der Waals surface area contributed by atoms with Gasteiger partial charge in [0.2, 0.25) is 21.8 Å². The van der Waals surface area contributed by atoms with Crippen LogP contribution < -0.4 is 14.4 Å². The molecule has 0 heterocycles. The van der Waals surface area contributed by atoms with E-state index in [1.54, 1.807) is 56.5 Å². The molecule has 1 atom stereocenters. The summed E-state index contributed by atoms with van der Waals surface area (Å²) in [5.74, 6) is -0.172. The fourth-order valence-corrected chi connectivity index (χ4v) is 4.81. The summed E-state index contributed by atoms with van der Waals surface area (Å²) >= 11 is 3.36. The lowest BCUT2D eigenvalue weighted by molar-refractivity contribution is -0.139. The van der Waals surface area contributed by atoms with Crippen molar-refractivity contribution in [1.29, 1.82) is 0 Å². The van der Waals surface area contributed by atoms with Gasteiger partial charge in [0, 0.05) is 17.6 Å². The molecule has 2 amide bonds. The molecular formula is C24H32BrN3O5S. The van der Waals surface area contributed by atoms with Gasteiger partial charge in [-0.2, -0.15) is 0 Å². The molecule has 1 N–H and O–H groups in total. The Labute approximate surface area is 210 Å². The number of halogens is 1. The molecule has 0 fully saturated rings. The minimum atomic E-state index is -3.78.